The second kappa shape index (κ2) is 3.73. The van der Waals surface area contributed by atoms with Gasteiger partial charge >= 0.3 is 0 Å². The van der Waals surface area contributed by atoms with Gasteiger partial charge in [-0.1, -0.05) is 20.8 Å². The van der Waals surface area contributed by atoms with Crippen LogP contribution in [-0.2, 0) is 4.74 Å². The molecule has 0 aromatic heterocycles. The van der Waals surface area contributed by atoms with E-state index in [0.717, 1.165) is 0 Å². The van der Waals surface area contributed by atoms with Crippen LogP contribution in [0.25, 0.3) is 0 Å². The lowest BCUT2D eigenvalue weighted by atomic mass is 9.79. The van der Waals surface area contributed by atoms with Gasteiger partial charge in [0.1, 0.15) is 0 Å². The van der Waals surface area contributed by atoms with Crippen molar-refractivity contribution in [1.29, 1.82) is 0 Å². The first-order valence-corrected chi connectivity index (χ1v) is 4.52. The third kappa shape index (κ3) is 1.63. The quantitative estimate of drug-likeness (QED) is 0.612. The molecule has 0 bridgehead atoms. The Labute approximate surface area is 73.4 Å². The summed E-state index contributed by atoms with van der Waals surface area (Å²) < 4.78 is 5.24. The molecular formula is C9H18O3. The molecule has 0 radical (unpaired) electrons. The van der Waals surface area contributed by atoms with Gasteiger partial charge in [0.2, 0.25) is 0 Å². The fourth-order valence-electron chi connectivity index (χ4n) is 1.71. The van der Waals surface area contributed by atoms with E-state index in [0.29, 0.717) is 11.8 Å². The summed E-state index contributed by atoms with van der Waals surface area (Å²) in [6.07, 6.45) is -0.917. The predicted octanol–water partition coefficient (Wildman–Crippen LogP) is 0.604. The molecule has 0 aliphatic carbocycles. The summed E-state index contributed by atoms with van der Waals surface area (Å²) in [6, 6.07) is 0. The molecule has 12 heavy (non-hydrogen) atoms. The van der Waals surface area contributed by atoms with E-state index in [4.69, 9.17) is 9.84 Å². The standard InChI is InChI=1S/C9H18O3/c1-5-6(2)8(4-10)12-9(11)7(5)3/h5-11H,4H2,1-3H3/t5?,6-,7?,8?,9?/m0/s1. The Morgan fingerprint density at radius 3 is 2.17 bits per heavy atom. The summed E-state index contributed by atoms with van der Waals surface area (Å²) in [5.74, 6) is 0.863. The van der Waals surface area contributed by atoms with E-state index in [1.165, 1.54) is 0 Å². The second-order valence-corrected chi connectivity index (χ2v) is 3.83. The minimum atomic E-state index is -0.714. The highest BCUT2D eigenvalue weighted by Crippen LogP contribution is 2.33. The molecule has 72 valence electrons. The van der Waals surface area contributed by atoms with Crippen LogP contribution in [0.4, 0.5) is 0 Å². The molecule has 4 unspecified atom stereocenters. The molecule has 1 fully saturated rings. The summed E-state index contributed by atoms with van der Waals surface area (Å²) in [7, 11) is 0. The fourth-order valence-corrected chi connectivity index (χ4v) is 1.71. The lowest BCUT2D eigenvalue weighted by Gasteiger charge is -2.40. The molecule has 1 aliphatic heterocycles. The van der Waals surface area contributed by atoms with Gasteiger partial charge in [-0.15, -0.1) is 0 Å². The van der Waals surface area contributed by atoms with Gasteiger partial charge in [-0.2, -0.15) is 0 Å². The van der Waals surface area contributed by atoms with E-state index in [1.54, 1.807) is 0 Å². The maximum atomic E-state index is 9.43. The van der Waals surface area contributed by atoms with Crippen LogP contribution in [0.2, 0.25) is 0 Å². The van der Waals surface area contributed by atoms with Crippen LogP contribution in [0.15, 0.2) is 0 Å². The largest absolute Gasteiger partial charge is 0.394 e. The maximum Gasteiger partial charge on any atom is 0.157 e. The van der Waals surface area contributed by atoms with Crippen LogP contribution in [0, 0.1) is 17.8 Å². The smallest absolute Gasteiger partial charge is 0.157 e. The van der Waals surface area contributed by atoms with Crippen molar-refractivity contribution in [1.82, 2.24) is 0 Å². The van der Waals surface area contributed by atoms with Crippen molar-refractivity contribution in [3.05, 3.63) is 0 Å². The van der Waals surface area contributed by atoms with Gasteiger partial charge in [0.25, 0.3) is 0 Å². The van der Waals surface area contributed by atoms with Gasteiger partial charge in [0, 0.05) is 5.92 Å². The predicted molar refractivity (Wildman–Crippen MR) is 45.5 cm³/mol. The lowest BCUT2D eigenvalue weighted by molar-refractivity contribution is -0.232. The second-order valence-electron chi connectivity index (χ2n) is 3.83. The van der Waals surface area contributed by atoms with Gasteiger partial charge in [-0.3, -0.25) is 0 Å². The molecular weight excluding hydrogens is 156 g/mol. The molecule has 0 amide bonds. The molecule has 1 aliphatic rings. The molecule has 0 aromatic rings. The van der Waals surface area contributed by atoms with Crippen molar-refractivity contribution in [3.63, 3.8) is 0 Å². The van der Waals surface area contributed by atoms with Crippen molar-refractivity contribution in [3.8, 4) is 0 Å². The molecule has 2 N–H and O–H groups in total. The average molecular weight is 174 g/mol. The van der Waals surface area contributed by atoms with Crippen LogP contribution in [0.5, 0.6) is 0 Å². The number of hydrogen-bond acceptors (Lipinski definition) is 3. The highest BCUT2D eigenvalue weighted by molar-refractivity contribution is 4.81. The van der Waals surface area contributed by atoms with Crippen molar-refractivity contribution in [2.45, 2.75) is 33.2 Å². The Hall–Kier alpha value is -0.120. The molecule has 1 heterocycles. The summed E-state index contributed by atoms with van der Waals surface area (Å²) in [6.45, 7) is 6.10. The average Bonchev–Trinajstić information content (AvgIpc) is 2.08. The topological polar surface area (TPSA) is 49.7 Å². The van der Waals surface area contributed by atoms with E-state index >= 15 is 0 Å². The van der Waals surface area contributed by atoms with E-state index < -0.39 is 6.29 Å². The van der Waals surface area contributed by atoms with Crippen LogP contribution in [-0.4, -0.2) is 29.2 Å². The Morgan fingerprint density at radius 2 is 1.67 bits per heavy atom. The van der Waals surface area contributed by atoms with Crippen molar-refractivity contribution >= 4 is 0 Å². The van der Waals surface area contributed by atoms with Gasteiger partial charge in [0.05, 0.1) is 12.7 Å². The molecule has 0 aromatic carbocycles. The number of ether oxygens (including phenoxy) is 1. The summed E-state index contributed by atoms with van der Waals surface area (Å²) in [5.41, 5.74) is 0. The third-order valence-electron chi connectivity index (χ3n) is 3.19. The van der Waals surface area contributed by atoms with Gasteiger partial charge < -0.3 is 14.9 Å². The lowest BCUT2D eigenvalue weighted by Crippen LogP contribution is -2.46. The SMILES string of the molecule is CC1C(O)OC(CO)[C@@H](C)C1C. The first-order valence-electron chi connectivity index (χ1n) is 4.52. The van der Waals surface area contributed by atoms with Crippen LogP contribution in [0.3, 0.4) is 0 Å². The summed E-state index contributed by atoms with van der Waals surface area (Å²) in [4.78, 5) is 0. The van der Waals surface area contributed by atoms with Crippen LogP contribution in [0.1, 0.15) is 20.8 Å². The summed E-state index contributed by atoms with van der Waals surface area (Å²) >= 11 is 0. The van der Waals surface area contributed by atoms with Crippen LogP contribution >= 0.6 is 0 Å². The Morgan fingerprint density at radius 1 is 1.08 bits per heavy atom. The zero-order chi connectivity index (χ0) is 9.30. The van der Waals surface area contributed by atoms with E-state index in [2.05, 4.69) is 6.92 Å². The minimum Gasteiger partial charge on any atom is -0.394 e. The summed E-state index contributed by atoms with van der Waals surface area (Å²) in [5, 5.41) is 18.4. The normalized spacial score (nSPS) is 49.2. The van der Waals surface area contributed by atoms with Crippen molar-refractivity contribution in [2.75, 3.05) is 6.61 Å². The molecule has 5 atom stereocenters. The highest BCUT2D eigenvalue weighted by Gasteiger charge is 2.37. The molecule has 3 heteroatoms. The zero-order valence-electron chi connectivity index (χ0n) is 7.90. The van der Waals surface area contributed by atoms with Gasteiger partial charge in [0.15, 0.2) is 6.29 Å². The van der Waals surface area contributed by atoms with Gasteiger partial charge in [-0.05, 0) is 11.8 Å². The van der Waals surface area contributed by atoms with E-state index in [9.17, 15) is 5.11 Å². The van der Waals surface area contributed by atoms with Crippen molar-refractivity contribution in [2.24, 2.45) is 17.8 Å². The Kier molecular flexibility index (Phi) is 3.09. The highest BCUT2D eigenvalue weighted by atomic mass is 16.6. The molecule has 1 saturated heterocycles. The Bertz CT molecular complexity index is 144. The maximum absolute atomic E-state index is 9.43. The minimum absolute atomic E-state index is 0.00468. The van der Waals surface area contributed by atoms with E-state index in [1.807, 2.05) is 13.8 Å². The molecule has 0 spiro atoms. The number of aliphatic hydroxyl groups excluding tert-OH is 2. The molecule has 3 nitrogen and oxygen atoms in total. The Balaban J connectivity index is 2.63. The monoisotopic (exact) mass is 174 g/mol. The molecule has 0 saturated carbocycles. The number of rotatable bonds is 1. The fraction of sp³-hybridized carbons (Fsp3) is 1.00. The van der Waals surface area contributed by atoms with Crippen molar-refractivity contribution < 1.29 is 14.9 Å². The van der Waals surface area contributed by atoms with Crippen LogP contribution < -0.4 is 0 Å². The number of hydrogen-bond donors (Lipinski definition) is 2. The first kappa shape index (κ1) is 9.96. The third-order valence-corrected chi connectivity index (χ3v) is 3.19. The molecule has 1 rings (SSSR count). The first-order chi connectivity index (χ1) is 5.57. The number of aliphatic hydroxyl groups is 2. The van der Waals surface area contributed by atoms with Gasteiger partial charge in [-0.25, -0.2) is 0 Å². The van der Waals surface area contributed by atoms with E-state index in [-0.39, 0.29) is 18.6 Å². The zero-order valence-corrected chi connectivity index (χ0v) is 7.90.